The van der Waals surface area contributed by atoms with E-state index in [1.54, 1.807) is 11.9 Å². The van der Waals surface area contributed by atoms with E-state index >= 15 is 0 Å². The van der Waals surface area contributed by atoms with Crippen LogP contribution in [-0.2, 0) is 14.3 Å². The van der Waals surface area contributed by atoms with E-state index in [2.05, 4.69) is 4.74 Å². The fourth-order valence-electron chi connectivity index (χ4n) is 1.30. The third kappa shape index (κ3) is 3.50. The van der Waals surface area contributed by atoms with Crippen LogP contribution in [-0.4, -0.2) is 66.2 Å². The van der Waals surface area contributed by atoms with E-state index in [1.807, 2.05) is 0 Å². The summed E-state index contributed by atoms with van der Waals surface area (Å²) in [6.07, 6.45) is -0.662. The minimum absolute atomic E-state index is 0.0162. The van der Waals surface area contributed by atoms with Crippen LogP contribution in [0.15, 0.2) is 0 Å². The van der Waals surface area contributed by atoms with Crippen LogP contribution in [0.1, 0.15) is 6.42 Å². The SMILES string of the molecule is CN(CCC(=O)O)CC(=O)N1CCOC1=O. The van der Waals surface area contributed by atoms with Crippen molar-refractivity contribution in [1.29, 1.82) is 0 Å². The van der Waals surface area contributed by atoms with Gasteiger partial charge in [-0.1, -0.05) is 0 Å². The van der Waals surface area contributed by atoms with Crippen molar-refractivity contribution in [3.05, 3.63) is 0 Å². The molecule has 0 aromatic carbocycles. The molecular weight excluding hydrogens is 216 g/mol. The van der Waals surface area contributed by atoms with E-state index in [0.717, 1.165) is 4.90 Å². The van der Waals surface area contributed by atoms with E-state index in [-0.39, 0.29) is 38.6 Å². The molecule has 0 aliphatic carbocycles. The van der Waals surface area contributed by atoms with Crippen LogP contribution in [0.25, 0.3) is 0 Å². The molecule has 16 heavy (non-hydrogen) atoms. The number of carbonyl (C=O) groups excluding carboxylic acids is 2. The molecule has 0 saturated carbocycles. The minimum Gasteiger partial charge on any atom is -0.481 e. The Balaban J connectivity index is 2.33. The van der Waals surface area contributed by atoms with Gasteiger partial charge in [0.05, 0.1) is 19.5 Å². The van der Waals surface area contributed by atoms with Crippen LogP contribution in [0.2, 0.25) is 0 Å². The smallest absolute Gasteiger partial charge is 0.416 e. The van der Waals surface area contributed by atoms with Crippen molar-refractivity contribution >= 4 is 18.0 Å². The Morgan fingerprint density at radius 1 is 1.56 bits per heavy atom. The number of cyclic esters (lactones) is 1. The lowest BCUT2D eigenvalue weighted by Gasteiger charge is -2.17. The van der Waals surface area contributed by atoms with Crippen molar-refractivity contribution < 1.29 is 24.2 Å². The van der Waals surface area contributed by atoms with E-state index in [0.29, 0.717) is 0 Å². The van der Waals surface area contributed by atoms with Gasteiger partial charge < -0.3 is 9.84 Å². The maximum Gasteiger partial charge on any atom is 0.416 e. The molecule has 1 aliphatic rings. The second-order valence-electron chi connectivity index (χ2n) is 3.54. The molecule has 1 fully saturated rings. The number of hydrogen-bond acceptors (Lipinski definition) is 5. The molecule has 90 valence electrons. The first-order valence-corrected chi connectivity index (χ1v) is 4.88. The maximum absolute atomic E-state index is 11.5. The van der Waals surface area contributed by atoms with E-state index in [1.165, 1.54) is 0 Å². The van der Waals surface area contributed by atoms with Crippen LogP contribution in [0.3, 0.4) is 0 Å². The van der Waals surface area contributed by atoms with Gasteiger partial charge in [-0.3, -0.25) is 14.5 Å². The number of likely N-dealkylation sites (N-methyl/N-ethyl adjacent to an activating group) is 1. The monoisotopic (exact) mass is 230 g/mol. The number of ether oxygens (including phenoxy) is 1. The second kappa shape index (κ2) is 5.45. The highest BCUT2D eigenvalue weighted by atomic mass is 16.6. The van der Waals surface area contributed by atoms with Crippen molar-refractivity contribution in [3.8, 4) is 0 Å². The number of amides is 2. The van der Waals surface area contributed by atoms with Crippen LogP contribution in [0.4, 0.5) is 4.79 Å². The molecule has 0 aromatic heterocycles. The normalized spacial score (nSPS) is 15.4. The average Bonchev–Trinajstić information content (AvgIpc) is 2.61. The van der Waals surface area contributed by atoms with Gasteiger partial charge in [0.1, 0.15) is 6.61 Å². The third-order valence-corrected chi connectivity index (χ3v) is 2.17. The number of aliphatic carboxylic acids is 1. The fraction of sp³-hybridized carbons (Fsp3) is 0.667. The summed E-state index contributed by atoms with van der Waals surface area (Å²) in [7, 11) is 1.63. The zero-order valence-corrected chi connectivity index (χ0v) is 9.01. The molecule has 1 saturated heterocycles. The van der Waals surface area contributed by atoms with Crippen LogP contribution >= 0.6 is 0 Å². The van der Waals surface area contributed by atoms with E-state index in [4.69, 9.17) is 5.11 Å². The Bertz CT molecular complexity index is 304. The molecule has 1 N–H and O–H groups in total. The van der Waals surface area contributed by atoms with Gasteiger partial charge in [-0.05, 0) is 7.05 Å². The summed E-state index contributed by atoms with van der Waals surface area (Å²) >= 11 is 0. The Morgan fingerprint density at radius 3 is 2.75 bits per heavy atom. The van der Waals surface area contributed by atoms with Crippen molar-refractivity contribution in [2.75, 3.05) is 33.3 Å². The number of carbonyl (C=O) groups is 3. The van der Waals surface area contributed by atoms with Gasteiger partial charge in [0.2, 0.25) is 5.91 Å². The predicted molar refractivity (Wildman–Crippen MR) is 52.8 cm³/mol. The first-order chi connectivity index (χ1) is 7.50. The molecular formula is C9H14N2O5. The molecule has 0 bridgehead atoms. The molecule has 1 aliphatic heterocycles. The van der Waals surface area contributed by atoms with Gasteiger partial charge in [-0.2, -0.15) is 0 Å². The molecule has 0 aromatic rings. The zero-order valence-electron chi connectivity index (χ0n) is 9.01. The van der Waals surface area contributed by atoms with Crippen molar-refractivity contribution in [2.45, 2.75) is 6.42 Å². The summed E-state index contributed by atoms with van der Waals surface area (Å²) in [4.78, 5) is 35.5. The average molecular weight is 230 g/mol. The van der Waals surface area contributed by atoms with Crippen LogP contribution in [0.5, 0.6) is 0 Å². The minimum atomic E-state index is -0.917. The number of hydrogen-bond donors (Lipinski definition) is 1. The van der Waals surface area contributed by atoms with Gasteiger partial charge in [0.15, 0.2) is 0 Å². The molecule has 0 spiro atoms. The molecule has 2 amide bonds. The molecule has 7 heteroatoms. The van der Waals surface area contributed by atoms with E-state index in [9.17, 15) is 14.4 Å². The zero-order chi connectivity index (χ0) is 12.1. The highest BCUT2D eigenvalue weighted by molar-refractivity contribution is 5.94. The van der Waals surface area contributed by atoms with Crippen molar-refractivity contribution in [3.63, 3.8) is 0 Å². The summed E-state index contributed by atoms with van der Waals surface area (Å²) in [5.74, 6) is -1.28. The van der Waals surface area contributed by atoms with Gasteiger partial charge in [-0.25, -0.2) is 9.69 Å². The number of imide groups is 1. The molecule has 1 rings (SSSR count). The van der Waals surface area contributed by atoms with Gasteiger partial charge in [-0.15, -0.1) is 0 Å². The number of rotatable bonds is 5. The second-order valence-corrected chi connectivity index (χ2v) is 3.54. The van der Waals surface area contributed by atoms with Crippen LogP contribution < -0.4 is 0 Å². The summed E-state index contributed by atoms with van der Waals surface area (Å²) in [5.41, 5.74) is 0. The van der Waals surface area contributed by atoms with E-state index < -0.39 is 12.1 Å². The first-order valence-electron chi connectivity index (χ1n) is 4.88. The Kier molecular flexibility index (Phi) is 4.24. The Hall–Kier alpha value is -1.63. The van der Waals surface area contributed by atoms with Crippen molar-refractivity contribution in [2.24, 2.45) is 0 Å². The highest BCUT2D eigenvalue weighted by Gasteiger charge is 2.28. The summed E-state index contributed by atoms with van der Waals surface area (Å²) in [5, 5.41) is 8.45. The molecule has 0 radical (unpaired) electrons. The topological polar surface area (TPSA) is 87.2 Å². The highest BCUT2D eigenvalue weighted by Crippen LogP contribution is 2.04. The lowest BCUT2D eigenvalue weighted by molar-refractivity contribution is -0.138. The molecule has 0 atom stereocenters. The van der Waals surface area contributed by atoms with Gasteiger partial charge >= 0.3 is 12.1 Å². The number of carboxylic acids is 1. The largest absolute Gasteiger partial charge is 0.481 e. The molecule has 0 unspecified atom stereocenters. The Morgan fingerprint density at radius 2 is 2.25 bits per heavy atom. The van der Waals surface area contributed by atoms with Gasteiger partial charge in [0, 0.05) is 6.54 Å². The standard InChI is InChI=1S/C9H14N2O5/c1-10(3-2-8(13)14)6-7(12)11-4-5-16-9(11)15/h2-6H2,1H3,(H,13,14). The quantitative estimate of drug-likeness (QED) is 0.676. The van der Waals surface area contributed by atoms with Gasteiger partial charge in [0.25, 0.3) is 0 Å². The Labute approximate surface area is 92.6 Å². The van der Waals surface area contributed by atoms with Crippen molar-refractivity contribution in [1.82, 2.24) is 9.80 Å². The molecule has 1 heterocycles. The predicted octanol–water partition coefficient (Wildman–Crippen LogP) is -0.628. The number of nitrogens with zero attached hydrogens (tertiary/aromatic N) is 2. The first kappa shape index (κ1) is 12.4. The maximum atomic E-state index is 11.5. The summed E-state index contributed by atoms with van der Waals surface area (Å²) < 4.78 is 4.62. The lowest BCUT2D eigenvalue weighted by atomic mass is 10.4. The summed E-state index contributed by atoms with van der Waals surface area (Å²) in [6.45, 7) is 0.778. The number of carboxylic acid groups (broad SMARTS) is 1. The lowest BCUT2D eigenvalue weighted by Crippen LogP contribution is -2.40. The molecule has 7 nitrogen and oxygen atoms in total. The summed E-state index contributed by atoms with van der Waals surface area (Å²) in [6, 6.07) is 0. The van der Waals surface area contributed by atoms with Crippen LogP contribution in [0, 0.1) is 0 Å². The third-order valence-electron chi connectivity index (χ3n) is 2.17. The fourth-order valence-corrected chi connectivity index (χ4v) is 1.30.